The highest BCUT2D eigenvalue weighted by Crippen LogP contribution is 2.33. The number of carbonyl (C=O) groups is 3. The molecule has 0 saturated carbocycles. The zero-order chi connectivity index (χ0) is 23.7. The molecule has 0 bridgehead atoms. The first-order valence-corrected chi connectivity index (χ1v) is 10.6. The van der Waals surface area contributed by atoms with Crippen molar-refractivity contribution in [1.82, 2.24) is 5.32 Å². The van der Waals surface area contributed by atoms with Crippen molar-refractivity contribution in [2.45, 2.75) is 0 Å². The first kappa shape index (κ1) is 21.4. The van der Waals surface area contributed by atoms with Gasteiger partial charge in [0.25, 0.3) is 11.8 Å². The fourth-order valence-corrected chi connectivity index (χ4v) is 3.73. The van der Waals surface area contributed by atoms with Gasteiger partial charge in [-0.3, -0.25) is 24.6 Å². The zero-order valence-corrected chi connectivity index (χ0v) is 18.3. The molecule has 0 radical (unpaired) electrons. The molecule has 8 nitrogen and oxygen atoms in total. The average Bonchev–Trinajstić information content (AvgIpc) is 3.31. The fourth-order valence-electron chi connectivity index (χ4n) is 3.44. The van der Waals surface area contributed by atoms with Crippen molar-refractivity contribution in [3.63, 3.8) is 0 Å². The molecule has 9 heteroatoms. The summed E-state index contributed by atoms with van der Waals surface area (Å²) in [5, 5.41) is 2.38. The lowest BCUT2D eigenvalue weighted by atomic mass is 10.0. The Bertz CT molecular complexity index is 1350. The normalized spacial score (nSPS) is 15.9. The van der Waals surface area contributed by atoms with Crippen molar-refractivity contribution >= 4 is 40.6 Å². The van der Waals surface area contributed by atoms with Crippen molar-refractivity contribution < 1.29 is 28.6 Å². The maximum atomic E-state index is 13.2. The third kappa shape index (κ3) is 4.12. The van der Waals surface area contributed by atoms with E-state index in [4.69, 9.17) is 26.4 Å². The molecule has 2 aliphatic rings. The van der Waals surface area contributed by atoms with Gasteiger partial charge < -0.3 is 14.2 Å². The second kappa shape index (κ2) is 8.80. The number of ether oxygens (including phenoxy) is 3. The molecule has 34 heavy (non-hydrogen) atoms. The number of benzene rings is 3. The molecule has 5 rings (SSSR count). The Labute approximate surface area is 199 Å². The molecule has 0 atom stereocenters. The summed E-state index contributed by atoms with van der Waals surface area (Å²) in [4.78, 5) is 39.6. The van der Waals surface area contributed by atoms with Crippen molar-refractivity contribution in [1.29, 1.82) is 0 Å². The average molecular weight is 472 g/mol. The minimum Gasteiger partial charge on any atom is -0.457 e. The third-order valence-electron chi connectivity index (χ3n) is 5.11. The lowest BCUT2D eigenvalue weighted by Gasteiger charge is -2.28. The van der Waals surface area contributed by atoms with Crippen molar-refractivity contribution in [2.24, 2.45) is 0 Å². The van der Waals surface area contributed by atoms with Crippen molar-refractivity contribution in [3.8, 4) is 23.0 Å². The first-order chi connectivity index (χ1) is 16.5. The number of hydrogen-bond acceptors (Lipinski definition) is 7. The van der Waals surface area contributed by atoms with Crippen molar-refractivity contribution in [3.05, 3.63) is 90.0 Å². The van der Waals surface area contributed by atoms with Gasteiger partial charge in [-0.25, -0.2) is 0 Å². The van der Waals surface area contributed by atoms with E-state index in [1.54, 1.807) is 30.3 Å². The Hall–Kier alpha value is -4.50. The molecular weight excluding hydrogens is 456 g/mol. The molecule has 168 valence electrons. The molecule has 2 aliphatic heterocycles. The number of nitrogens with zero attached hydrogens (tertiary/aromatic N) is 1. The number of fused-ring (bicyclic) bond motifs is 1. The monoisotopic (exact) mass is 472 g/mol. The first-order valence-electron chi connectivity index (χ1n) is 10.2. The van der Waals surface area contributed by atoms with E-state index in [0.29, 0.717) is 28.7 Å². The van der Waals surface area contributed by atoms with Gasteiger partial charge in [-0.15, -0.1) is 0 Å². The lowest BCUT2D eigenvalue weighted by Crippen LogP contribution is -2.54. The lowest BCUT2D eigenvalue weighted by molar-refractivity contribution is -0.122. The predicted octanol–water partition coefficient (Wildman–Crippen LogP) is 3.76. The smallest absolute Gasteiger partial charge is 0.270 e. The highest BCUT2D eigenvalue weighted by atomic mass is 32.1. The van der Waals surface area contributed by atoms with E-state index in [-0.39, 0.29) is 23.0 Å². The van der Waals surface area contributed by atoms with Crippen LogP contribution in [0.15, 0.2) is 84.4 Å². The van der Waals surface area contributed by atoms with Gasteiger partial charge in [-0.2, -0.15) is 0 Å². The summed E-state index contributed by atoms with van der Waals surface area (Å²) in [5.74, 6) is 0.179. The molecule has 1 N–H and O–H groups in total. The van der Waals surface area contributed by atoms with Crippen LogP contribution in [0, 0.1) is 0 Å². The molecule has 1 fully saturated rings. The van der Waals surface area contributed by atoms with Crippen LogP contribution in [0.3, 0.4) is 0 Å². The number of hydrogen-bond donors (Lipinski definition) is 1. The number of ketones is 1. The molecule has 0 unspecified atom stereocenters. The van der Waals surface area contributed by atoms with Gasteiger partial charge in [0, 0.05) is 11.6 Å². The Morgan fingerprint density at radius 2 is 1.65 bits per heavy atom. The number of carbonyl (C=O) groups excluding carboxylic acids is 3. The number of allylic oxidation sites excluding steroid dienone is 1. The van der Waals surface area contributed by atoms with Crippen LogP contribution >= 0.6 is 12.2 Å². The quantitative estimate of drug-likeness (QED) is 0.262. The predicted molar refractivity (Wildman–Crippen MR) is 126 cm³/mol. The van der Waals surface area contributed by atoms with Crippen molar-refractivity contribution in [2.75, 3.05) is 11.7 Å². The van der Waals surface area contributed by atoms with Crippen LogP contribution in [0.25, 0.3) is 0 Å². The van der Waals surface area contributed by atoms with Crippen LogP contribution < -0.4 is 24.4 Å². The Balaban J connectivity index is 1.38. The van der Waals surface area contributed by atoms with E-state index in [9.17, 15) is 14.4 Å². The van der Waals surface area contributed by atoms with Gasteiger partial charge in [0.2, 0.25) is 6.79 Å². The second-order valence-corrected chi connectivity index (χ2v) is 7.69. The van der Waals surface area contributed by atoms with Crippen LogP contribution in [0.4, 0.5) is 5.69 Å². The van der Waals surface area contributed by atoms with Gasteiger partial charge in [-0.05, 0) is 66.8 Å². The van der Waals surface area contributed by atoms with Crippen LogP contribution in [0.5, 0.6) is 23.0 Å². The fraction of sp³-hybridized carbons (Fsp3) is 0.0400. The Morgan fingerprint density at radius 3 is 2.41 bits per heavy atom. The number of rotatable bonds is 5. The number of anilines is 1. The van der Waals surface area contributed by atoms with E-state index >= 15 is 0 Å². The zero-order valence-electron chi connectivity index (χ0n) is 17.5. The molecule has 3 aromatic rings. The summed E-state index contributed by atoms with van der Waals surface area (Å²) in [5.41, 5.74) is 0.331. The van der Waals surface area contributed by atoms with Gasteiger partial charge in [0.1, 0.15) is 17.1 Å². The Kier molecular flexibility index (Phi) is 5.52. The number of amides is 2. The third-order valence-corrected chi connectivity index (χ3v) is 5.39. The maximum Gasteiger partial charge on any atom is 0.270 e. The van der Waals surface area contributed by atoms with Gasteiger partial charge in [0.15, 0.2) is 22.4 Å². The van der Waals surface area contributed by atoms with Gasteiger partial charge >= 0.3 is 0 Å². The molecule has 0 aliphatic carbocycles. The van der Waals surface area contributed by atoms with Crippen LogP contribution in [-0.2, 0) is 9.59 Å². The molecule has 0 spiro atoms. The largest absolute Gasteiger partial charge is 0.457 e. The summed E-state index contributed by atoms with van der Waals surface area (Å²) in [7, 11) is 0. The molecule has 2 amide bonds. The molecular formula is C25H16N2O6S. The van der Waals surface area contributed by atoms with E-state index < -0.39 is 17.6 Å². The molecule has 1 saturated heterocycles. The van der Waals surface area contributed by atoms with E-state index in [1.165, 1.54) is 12.1 Å². The highest BCUT2D eigenvalue weighted by molar-refractivity contribution is 7.80. The standard InChI is InChI=1S/C25H16N2O6S/c28-20(15-6-11-21-22(12-15)32-14-31-21)13-19-23(29)26-25(34)27(24(19)30)16-7-9-18(10-8-16)33-17-4-2-1-3-5-17/h1-13H,14H2,(H,26,29,34)/b19-13+. The van der Waals surface area contributed by atoms with Gasteiger partial charge in [-0.1, -0.05) is 18.2 Å². The summed E-state index contributed by atoms with van der Waals surface area (Å²) in [6.07, 6.45) is 0.997. The maximum absolute atomic E-state index is 13.2. The van der Waals surface area contributed by atoms with Gasteiger partial charge in [0.05, 0.1) is 5.69 Å². The Morgan fingerprint density at radius 1 is 0.941 bits per heavy atom. The SMILES string of the molecule is O=C1NC(=S)N(c2ccc(Oc3ccccc3)cc2)C(=O)/C1=C/C(=O)c1ccc2c(c1)OCO2. The van der Waals surface area contributed by atoms with E-state index in [0.717, 1.165) is 11.0 Å². The number of thiocarbonyl (C=S) groups is 1. The summed E-state index contributed by atoms with van der Waals surface area (Å²) >= 11 is 5.21. The van der Waals surface area contributed by atoms with E-state index in [1.807, 2.05) is 30.3 Å². The number of para-hydroxylation sites is 1. The summed E-state index contributed by atoms with van der Waals surface area (Å²) < 4.78 is 16.3. The van der Waals surface area contributed by atoms with Crippen LogP contribution in [-0.4, -0.2) is 29.5 Å². The second-order valence-electron chi connectivity index (χ2n) is 7.30. The topological polar surface area (TPSA) is 94.2 Å². The minimum atomic E-state index is -0.746. The summed E-state index contributed by atoms with van der Waals surface area (Å²) in [6.45, 7) is 0.0660. The summed E-state index contributed by atoms with van der Waals surface area (Å²) in [6, 6.07) is 20.5. The number of nitrogens with one attached hydrogen (secondary N) is 1. The minimum absolute atomic E-state index is 0.0660. The highest BCUT2D eigenvalue weighted by Gasteiger charge is 2.35. The molecule has 3 aromatic carbocycles. The van der Waals surface area contributed by atoms with E-state index in [2.05, 4.69) is 5.32 Å². The molecule has 2 heterocycles. The van der Waals surface area contributed by atoms with Crippen LogP contribution in [0.1, 0.15) is 10.4 Å². The molecule has 0 aromatic heterocycles. The van der Waals surface area contributed by atoms with Crippen LogP contribution in [0.2, 0.25) is 0 Å².